The Bertz CT molecular complexity index is 1220. The van der Waals surface area contributed by atoms with Gasteiger partial charge in [0.25, 0.3) is 5.91 Å². The second kappa shape index (κ2) is 7.13. The third-order valence-corrected chi connectivity index (χ3v) is 6.08. The molecule has 8 heteroatoms. The second-order valence-electron chi connectivity index (χ2n) is 5.76. The van der Waals surface area contributed by atoms with E-state index in [0.29, 0.717) is 28.4 Å². The van der Waals surface area contributed by atoms with Gasteiger partial charge < -0.3 is 14.0 Å². The third kappa shape index (κ3) is 3.11. The minimum Gasteiger partial charge on any atom is -0.497 e. The number of ether oxygens (including phenoxy) is 2. The van der Waals surface area contributed by atoms with Crippen molar-refractivity contribution >= 4 is 49.0 Å². The summed E-state index contributed by atoms with van der Waals surface area (Å²) in [6.45, 7) is 2.69. The van der Waals surface area contributed by atoms with E-state index < -0.39 is 0 Å². The van der Waals surface area contributed by atoms with Crippen LogP contribution < -0.4 is 14.3 Å². The number of carbonyl (C=O) groups is 1. The Labute approximate surface area is 163 Å². The summed E-state index contributed by atoms with van der Waals surface area (Å²) >= 11 is 2.95. The number of carbonyl (C=O) groups excluding carboxylic acids is 1. The summed E-state index contributed by atoms with van der Waals surface area (Å²) in [4.78, 5) is 22.0. The molecule has 0 aliphatic heterocycles. The number of methoxy groups -OCH3 is 2. The highest BCUT2D eigenvalue weighted by molar-refractivity contribution is 7.17. The standard InChI is InChI=1S/C19H17N3O3S2/c1-4-22-17-14(25-3)8-12(24-2)9-16(17)27-19(22)21-18(23)11-5-6-13-15(7-11)26-10-20-13/h5-10H,4H2,1-3H3. The molecule has 0 aliphatic rings. The Balaban J connectivity index is 1.87. The van der Waals surface area contributed by atoms with E-state index in [9.17, 15) is 4.79 Å². The molecule has 2 aromatic heterocycles. The van der Waals surface area contributed by atoms with Crippen LogP contribution in [0.4, 0.5) is 0 Å². The highest BCUT2D eigenvalue weighted by atomic mass is 32.1. The number of hydrogen-bond donors (Lipinski definition) is 0. The van der Waals surface area contributed by atoms with Crippen LogP contribution in [-0.4, -0.2) is 29.7 Å². The zero-order valence-corrected chi connectivity index (χ0v) is 16.7. The molecule has 4 aromatic rings. The molecule has 2 aromatic carbocycles. The third-order valence-electron chi connectivity index (χ3n) is 4.26. The summed E-state index contributed by atoms with van der Waals surface area (Å²) in [7, 11) is 3.24. The molecule has 1 amide bonds. The lowest BCUT2D eigenvalue weighted by Crippen LogP contribution is -2.16. The Kier molecular flexibility index (Phi) is 4.67. The van der Waals surface area contributed by atoms with Crippen LogP contribution >= 0.6 is 22.7 Å². The normalized spacial score (nSPS) is 12.0. The molecule has 138 valence electrons. The Hall–Kier alpha value is -2.71. The van der Waals surface area contributed by atoms with E-state index in [1.54, 1.807) is 25.8 Å². The van der Waals surface area contributed by atoms with Gasteiger partial charge in [0.05, 0.1) is 34.6 Å². The highest BCUT2D eigenvalue weighted by Crippen LogP contribution is 2.32. The molecule has 0 unspecified atom stereocenters. The summed E-state index contributed by atoms with van der Waals surface area (Å²) in [5, 5.41) is 0. The minimum absolute atomic E-state index is 0.273. The average Bonchev–Trinajstić information content (AvgIpc) is 3.29. The van der Waals surface area contributed by atoms with Crippen LogP contribution in [0, 0.1) is 0 Å². The number of nitrogens with zero attached hydrogens (tertiary/aromatic N) is 3. The Morgan fingerprint density at radius 2 is 2.04 bits per heavy atom. The van der Waals surface area contributed by atoms with Crippen LogP contribution in [0.3, 0.4) is 0 Å². The lowest BCUT2D eigenvalue weighted by molar-refractivity contribution is 0.0998. The highest BCUT2D eigenvalue weighted by Gasteiger charge is 2.14. The fourth-order valence-corrected chi connectivity index (χ4v) is 4.80. The number of rotatable bonds is 4. The van der Waals surface area contributed by atoms with Crippen molar-refractivity contribution in [3.05, 3.63) is 46.2 Å². The zero-order chi connectivity index (χ0) is 19.0. The summed E-state index contributed by atoms with van der Waals surface area (Å²) in [6.07, 6.45) is 0. The van der Waals surface area contributed by atoms with Crippen molar-refractivity contribution in [3.8, 4) is 11.5 Å². The van der Waals surface area contributed by atoms with Crippen LogP contribution in [0.2, 0.25) is 0 Å². The number of aryl methyl sites for hydroxylation is 1. The van der Waals surface area contributed by atoms with Gasteiger partial charge in [-0.2, -0.15) is 4.99 Å². The average molecular weight is 399 g/mol. The van der Waals surface area contributed by atoms with Crippen molar-refractivity contribution < 1.29 is 14.3 Å². The molecular formula is C19H17N3O3S2. The number of aromatic nitrogens is 2. The smallest absolute Gasteiger partial charge is 0.279 e. The van der Waals surface area contributed by atoms with Crippen molar-refractivity contribution in [3.63, 3.8) is 0 Å². The van der Waals surface area contributed by atoms with E-state index in [1.165, 1.54) is 22.7 Å². The largest absolute Gasteiger partial charge is 0.497 e. The van der Waals surface area contributed by atoms with Crippen molar-refractivity contribution in [2.45, 2.75) is 13.5 Å². The number of benzene rings is 2. The second-order valence-corrected chi connectivity index (χ2v) is 7.65. The van der Waals surface area contributed by atoms with Gasteiger partial charge in [0, 0.05) is 18.2 Å². The molecule has 0 N–H and O–H groups in total. The van der Waals surface area contributed by atoms with Crippen LogP contribution in [0.5, 0.6) is 11.5 Å². The molecule has 27 heavy (non-hydrogen) atoms. The SMILES string of the molecule is CCn1c(=NC(=O)c2ccc3ncsc3c2)sc2cc(OC)cc(OC)c21. The lowest BCUT2D eigenvalue weighted by atomic mass is 10.2. The predicted molar refractivity (Wildman–Crippen MR) is 108 cm³/mol. The predicted octanol–water partition coefficient (Wildman–Crippen LogP) is 4.09. The topological polar surface area (TPSA) is 65.7 Å². The van der Waals surface area contributed by atoms with Crippen LogP contribution in [0.25, 0.3) is 20.4 Å². The first kappa shape index (κ1) is 17.7. The Morgan fingerprint density at radius 3 is 2.78 bits per heavy atom. The summed E-state index contributed by atoms with van der Waals surface area (Å²) in [6, 6.07) is 9.22. The molecule has 0 spiro atoms. The van der Waals surface area contributed by atoms with Gasteiger partial charge >= 0.3 is 0 Å². The van der Waals surface area contributed by atoms with Gasteiger partial charge in [-0.25, -0.2) is 4.98 Å². The molecule has 0 radical (unpaired) electrons. The fourth-order valence-electron chi connectivity index (χ4n) is 2.94. The van der Waals surface area contributed by atoms with Gasteiger partial charge in [0.1, 0.15) is 17.0 Å². The monoisotopic (exact) mass is 399 g/mol. The zero-order valence-electron chi connectivity index (χ0n) is 15.1. The van der Waals surface area contributed by atoms with E-state index in [2.05, 4.69) is 9.98 Å². The van der Waals surface area contributed by atoms with E-state index >= 15 is 0 Å². The van der Waals surface area contributed by atoms with Gasteiger partial charge in [-0.3, -0.25) is 4.79 Å². The van der Waals surface area contributed by atoms with Gasteiger partial charge in [0.2, 0.25) is 0 Å². The number of amides is 1. The molecule has 2 heterocycles. The van der Waals surface area contributed by atoms with Gasteiger partial charge in [-0.05, 0) is 31.2 Å². The molecule has 0 saturated heterocycles. The molecule has 6 nitrogen and oxygen atoms in total. The van der Waals surface area contributed by atoms with Crippen LogP contribution in [0.1, 0.15) is 17.3 Å². The van der Waals surface area contributed by atoms with Crippen molar-refractivity contribution in [2.24, 2.45) is 4.99 Å². The molecule has 4 rings (SSSR count). The quantitative estimate of drug-likeness (QED) is 0.518. The molecule has 0 bridgehead atoms. The van der Waals surface area contributed by atoms with E-state index in [4.69, 9.17) is 9.47 Å². The van der Waals surface area contributed by atoms with Crippen molar-refractivity contribution in [2.75, 3.05) is 14.2 Å². The number of thiazole rings is 2. The summed E-state index contributed by atoms with van der Waals surface area (Å²) in [5.74, 6) is 1.13. The first-order valence-electron chi connectivity index (χ1n) is 8.32. The Morgan fingerprint density at radius 1 is 1.19 bits per heavy atom. The molecule has 0 fully saturated rings. The van der Waals surface area contributed by atoms with Crippen molar-refractivity contribution in [1.29, 1.82) is 0 Å². The van der Waals surface area contributed by atoms with Gasteiger partial charge in [0.15, 0.2) is 4.80 Å². The summed E-state index contributed by atoms with van der Waals surface area (Å²) in [5.41, 5.74) is 4.12. The van der Waals surface area contributed by atoms with E-state index in [0.717, 1.165) is 20.4 Å². The van der Waals surface area contributed by atoms with E-state index in [1.807, 2.05) is 35.8 Å². The number of hydrogen-bond acceptors (Lipinski definition) is 6. The molecule has 0 saturated carbocycles. The maximum absolute atomic E-state index is 12.8. The molecular weight excluding hydrogens is 382 g/mol. The van der Waals surface area contributed by atoms with Gasteiger partial charge in [-0.15, -0.1) is 11.3 Å². The summed E-state index contributed by atoms with van der Waals surface area (Å²) < 4.78 is 14.8. The fraction of sp³-hybridized carbons (Fsp3) is 0.211. The molecule has 0 aliphatic carbocycles. The molecule has 0 atom stereocenters. The first-order valence-corrected chi connectivity index (χ1v) is 10.0. The minimum atomic E-state index is -0.273. The lowest BCUT2D eigenvalue weighted by Gasteiger charge is -2.08. The first-order chi connectivity index (χ1) is 13.1. The van der Waals surface area contributed by atoms with Gasteiger partial charge in [-0.1, -0.05) is 11.3 Å². The maximum Gasteiger partial charge on any atom is 0.279 e. The maximum atomic E-state index is 12.8. The number of fused-ring (bicyclic) bond motifs is 2. The van der Waals surface area contributed by atoms with E-state index in [-0.39, 0.29) is 5.91 Å². The van der Waals surface area contributed by atoms with Crippen LogP contribution in [-0.2, 0) is 6.54 Å². The van der Waals surface area contributed by atoms with Crippen molar-refractivity contribution in [1.82, 2.24) is 9.55 Å². The van der Waals surface area contributed by atoms with Crippen LogP contribution in [0.15, 0.2) is 40.8 Å².